The lowest BCUT2D eigenvalue weighted by molar-refractivity contribution is 0.0277. The Morgan fingerprint density at radius 2 is 2.06 bits per heavy atom. The topological polar surface area (TPSA) is 97.5 Å². The van der Waals surface area contributed by atoms with Crippen LogP contribution in [0.15, 0.2) is 29.2 Å². The number of halogens is 2. The van der Waals surface area contributed by atoms with Gasteiger partial charge in [-0.25, -0.2) is 8.78 Å². The Kier molecular flexibility index (Phi) is 6.76. The van der Waals surface area contributed by atoms with Crippen LogP contribution in [0.25, 0.3) is 10.6 Å². The summed E-state index contributed by atoms with van der Waals surface area (Å²) in [5, 5.41) is 19.4. The molecule has 2 aromatic heterocycles. The van der Waals surface area contributed by atoms with Crippen molar-refractivity contribution in [3.63, 3.8) is 0 Å². The predicted molar refractivity (Wildman–Crippen MR) is 122 cm³/mol. The molecule has 11 heteroatoms. The maximum absolute atomic E-state index is 14.0. The molecule has 0 spiro atoms. The number of benzene rings is 1. The summed E-state index contributed by atoms with van der Waals surface area (Å²) in [6.07, 6.45) is 2.27. The van der Waals surface area contributed by atoms with Gasteiger partial charge in [0.1, 0.15) is 16.6 Å². The summed E-state index contributed by atoms with van der Waals surface area (Å²) < 4.78 is 34.0. The molecule has 3 aromatic rings. The number of hydrogen-bond acceptors (Lipinski definition) is 7. The lowest BCUT2D eigenvalue weighted by atomic mass is 10.0. The first-order valence-corrected chi connectivity index (χ1v) is 11.6. The Morgan fingerprint density at radius 1 is 1.29 bits per heavy atom. The Balaban J connectivity index is 1.71. The molecule has 0 saturated carbocycles. The molecule has 8 nitrogen and oxygen atoms in total. The highest BCUT2D eigenvalue weighted by molar-refractivity contribution is 7.14. The molecule has 1 aliphatic heterocycles. The van der Waals surface area contributed by atoms with Gasteiger partial charge < -0.3 is 19.3 Å². The third kappa shape index (κ3) is 4.32. The van der Waals surface area contributed by atoms with Crippen LogP contribution in [0.2, 0.25) is 0 Å². The highest BCUT2D eigenvalue weighted by atomic mass is 32.1. The quantitative estimate of drug-likeness (QED) is 0.546. The first kappa shape index (κ1) is 24.0. The molecular formula is C23H24F2N4O4S. The van der Waals surface area contributed by atoms with Gasteiger partial charge in [0, 0.05) is 38.4 Å². The van der Waals surface area contributed by atoms with Crippen molar-refractivity contribution in [1.29, 1.82) is 0 Å². The van der Waals surface area contributed by atoms with E-state index in [2.05, 4.69) is 10.2 Å². The summed E-state index contributed by atoms with van der Waals surface area (Å²) in [4.78, 5) is 27.9. The predicted octanol–water partition coefficient (Wildman–Crippen LogP) is 3.21. The van der Waals surface area contributed by atoms with Crippen molar-refractivity contribution < 1.29 is 23.4 Å². The van der Waals surface area contributed by atoms with Gasteiger partial charge in [-0.05, 0) is 25.0 Å². The zero-order chi connectivity index (χ0) is 24.6. The molecule has 0 bridgehead atoms. The third-order valence-electron chi connectivity index (χ3n) is 5.97. The SMILES string of the molecule is CCC(C)N1C(=O)c2c(O)c(=O)c(-c3nnc(Cc4ccc(F)cc4F)s3)cn2C[C@H]1COC. The Morgan fingerprint density at radius 3 is 2.74 bits per heavy atom. The van der Waals surface area contributed by atoms with E-state index in [1.54, 1.807) is 16.6 Å². The molecule has 4 rings (SSSR count). The largest absolute Gasteiger partial charge is 0.503 e. The Bertz CT molecular complexity index is 1290. The maximum atomic E-state index is 14.0. The molecule has 0 fully saturated rings. The number of carbonyl (C=O) groups is 1. The molecule has 1 aliphatic rings. The molecule has 3 heterocycles. The molecule has 1 N–H and O–H groups in total. The van der Waals surface area contributed by atoms with Crippen LogP contribution in [0, 0.1) is 11.6 Å². The van der Waals surface area contributed by atoms with Crippen molar-refractivity contribution in [3.05, 3.63) is 62.5 Å². The minimum atomic E-state index is -0.732. The van der Waals surface area contributed by atoms with Crippen LogP contribution in [0.5, 0.6) is 5.75 Å². The van der Waals surface area contributed by atoms with E-state index in [9.17, 15) is 23.5 Å². The monoisotopic (exact) mass is 490 g/mol. The summed E-state index contributed by atoms with van der Waals surface area (Å²) >= 11 is 1.06. The van der Waals surface area contributed by atoms with E-state index in [0.29, 0.717) is 24.6 Å². The summed E-state index contributed by atoms with van der Waals surface area (Å²) in [5.74, 6) is -2.46. The maximum Gasteiger partial charge on any atom is 0.275 e. The number of amides is 1. The van der Waals surface area contributed by atoms with Gasteiger partial charge in [0.15, 0.2) is 16.5 Å². The van der Waals surface area contributed by atoms with E-state index in [1.165, 1.54) is 12.3 Å². The summed E-state index contributed by atoms with van der Waals surface area (Å²) in [5.41, 5.74) is -0.470. The fraction of sp³-hybridized carbons (Fsp3) is 0.391. The smallest absolute Gasteiger partial charge is 0.275 e. The van der Waals surface area contributed by atoms with Crippen molar-refractivity contribution in [2.24, 2.45) is 0 Å². The Labute approximate surface area is 198 Å². The number of carbonyl (C=O) groups excluding carboxylic acids is 1. The minimum Gasteiger partial charge on any atom is -0.503 e. The number of methoxy groups -OCH3 is 1. The van der Waals surface area contributed by atoms with E-state index in [4.69, 9.17) is 4.74 Å². The summed E-state index contributed by atoms with van der Waals surface area (Å²) in [7, 11) is 1.55. The molecule has 2 atom stereocenters. The van der Waals surface area contributed by atoms with Crippen LogP contribution >= 0.6 is 11.3 Å². The molecule has 180 valence electrons. The summed E-state index contributed by atoms with van der Waals surface area (Å²) in [6, 6.07) is 2.90. The van der Waals surface area contributed by atoms with Crippen molar-refractivity contribution in [2.45, 2.75) is 45.3 Å². The van der Waals surface area contributed by atoms with Crippen molar-refractivity contribution in [3.8, 4) is 16.3 Å². The van der Waals surface area contributed by atoms with Crippen LogP contribution in [-0.2, 0) is 17.7 Å². The van der Waals surface area contributed by atoms with E-state index in [-0.39, 0.29) is 40.3 Å². The van der Waals surface area contributed by atoms with Crippen LogP contribution in [0.3, 0.4) is 0 Å². The molecule has 1 unspecified atom stereocenters. The van der Waals surface area contributed by atoms with Crippen LogP contribution < -0.4 is 5.43 Å². The van der Waals surface area contributed by atoms with Gasteiger partial charge in [-0.15, -0.1) is 10.2 Å². The van der Waals surface area contributed by atoms with Crippen LogP contribution in [0.4, 0.5) is 8.78 Å². The molecule has 1 amide bonds. The average molecular weight is 491 g/mol. The number of nitrogens with zero attached hydrogens (tertiary/aromatic N) is 4. The van der Waals surface area contributed by atoms with E-state index in [0.717, 1.165) is 23.5 Å². The molecular weight excluding hydrogens is 466 g/mol. The minimum absolute atomic E-state index is 0.0697. The third-order valence-corrected chi connectivity index (χ3v) is 6.93. The second-order valence-electron chi connectivity index (χ2n) is 8.21. The van der Waals surface area contributed by atoms with Crippen LogP contribution in [0.1, 0.15) is 41.3 Å². The van der Waals surface area contributed by atoms with Gasteiger partial charge in [-0.2, -0.15) is 0 Å². The first-order chi connectivity index (χ1) is 16.2. The fourth-order valence-corrected chi connectivity index (χ4v) is 4.99. The van der Waals surface area contributed by atoms with Gasteiger partial charge in [0.2, 0.25) is 5.43 Å². The van der Waals surface area contributed by atoms with Crippen molar-refractivity contribution in [2.75, 3.05) is 13.7 Å². The van der Waals surface area contributed by atoms with Gasteiger partial charge in [-0.1, -0.05) is 24.3 Å². The van der Waals surface area contributed by atoms with Gasteiger partial charge in [-0.3, -0.25) is 9.59 Å². The zero-order valence-electron chi connectivity index (χ0n) is 18.9. The number of pyridine rings is 1. The average Bonchev–Trinajstić information content (AvgIpc) is 3.26. The van der Waals surface area contributed by atoms with Crippen molar-refractivity contribution in [1.82, 2.24) is 19.7 Å². The van der Waals surface area contributed by atoms with Gasteiger partial charge in [0.05, 0.1) is 18.2 Å². The number of ether oxygens (including phenoxy) is 1. The lowest BCUT2D eigenvalue weighted by Gasteiger charge is -2.41. The molecule has 1 aromatic carbocycles. The molecule has 0 aliphatic carbocycles. The normalized spacial score (nSPS) is 16.6. The number of aromatic nitrogens is 3. The van der Waals surface area contributed by atoms with Gasteiger partial charge in [0.25, 0.3) is 5.91 Å². The van der Waals surface area contributed by atoms with Crippen molar-refractivity contribution >= 4 is 17.2 Å². The number of fused-ring (bicyclic) bond motifs is 1. The molecule has 0 saturated heterocycles. The lowest BCUT2D eigenvalue weighted by Crippen LogP contribution is -2.54. The number of rotatable bonds is 7. The molecule has 0 radical (unpaired) electrons. The number of aromatic hydroxyl groups is 1. The highest BCUT2D eigenvalue weighted by Gasteiger charge is 2.38. The zero-order valence-corrected chi connectivity index (χ0v) is 19.7. The van der Waals surface area contributed by atoms with Crippen LogP contribution in [-0.4, -0.2) is 56.5 Å². The fourth-order valence-electron chi connectivity index (χ4n) is 4.12. The standard InChI is InChI=1S/C23H24F2N4O4S/c1-4-12(2)29-15(11-33-3)9-28-10-16(20(30)21(31)19(28)23(29)32)22-27-26-18(34-22)7-13-5-6-14(24)8-17(13)25/h5-6,8,10,12,15,31H,4,7,9,11H2,1-3H3/t12?,15-/m0/s1. The van der Waals surface area contributed by atoms with E-state index >= 15 is 0 Å². The number of hydrogen-bond donors (Lipinski definition) is 1. The summed E-state index contributed by atoms with van der Waals surface area (Å²) in [6.45, 7) is 4.49. The first-order valence-electron chi connectivity index (χ1n) is 10.8. The Hall–Kier alpha value is -3.18. The second kappa shape index (κ2) is 9.59. The highest BCUT2D eigenvalue weighted by Crippen LogP contribution is 2.30. The van der Waals surface area contributed by atoms with E-state index < -0.39 is 28.7 Å². The van der Waals surface area contributed by atoms with Gasteiger partial charge >= 0.3 is 0 Å². The second-order valence-corrected chi connectivity index (χ2v) is 9.28. The molecule has 34 heavy (non-hydrogen) atoms. The van der Waals surface area contributed by atoms with E-state index in [1.807, 2.05) is 13.8 Å².